The molecule has 0 radical (unpaired) electrons. The smallest absolute Gasteiger partial charge is 0.320 e. The molecule has 1 saturated carbocycles. The van der Waals surface area contributed by atoms with Crippen molar-refractivity contribution in [1.29, 1.82) is 0 Å². The van der Waals surface area contributed by atoms with Crippen LogP contribution in [-0.2, 0) is 0 Å². The van der Waals surface area contributed by atoms with E-state index in [9.17, 15) is 4.79 Å². The molecule has 1 saturated heterocycles. The van der Waals surface area contributed by atoms with E-state index in [-0.39, 0.29) is 6.03 Å². The van der Waals surface area contributed by atoms with Gasteiger partial charge in [-0.1, -0.05) is 12.8 Å². The summed E-state index contributed by atoms with van der Waals surface area (Å²) in [4.78, 5) is 22.5. The van der Waals surface area contributed by atoms with Gasteiger partial charge in [0.1, 0.15) is 18.0 Å². The third kappa shape index (κ3) is 3.18. The minimum atomic E-state index is -0.164. The van der Waals surface area contributed by atoms with E-state index in [1.165, 1.54) is 32.0 Å². The predicted molar refractivity (Wildman–Crippen MR) is 77.9 cm³/mol. The van der Waals surface area contributed by atoms with Crippen LogP contribution in [0.4, 0.5) is 16.4 Å². The molecule has 2 amide bonds. The zero-order chi connectivity index (χ0) is 13.8. The minimum absolute atomic E-state index is 0.164. The fraction of sp³-hybridized carbons (Fsp3) is 0.643. The summed E-state index contributed by atoms with van der Waals surface area (Å²) in [5, 5.41) is 5.80. The molecule has 1 aromatic rings. The lowest BCUT2D eigenvalue weighted by atomic mass is 10.2. The molecule has 108 valence electrons. The number of nitrogens with one attached hydrogen (secondary N) is 2. The van der Waals surface area contributed by atoms with E-state index in [2.05, 4.69) is 25.5 Å². The van der Waals surface area contributed by atoms with Gasteiger partial charge < -0.3 is 10.2 Å². The van der Waals surface area contributed by atoms with Gasteiger partial charge in [0.15, 0.2) is 0 Å². The van der Waals surface area contributed by atoms with E-state index in [0.717, 1.165) is 31.7 Å². The van der Waals surface area contributed by atoms with Crippen LogP contribution in [0, 0.1) is 0 Å². The van der Waals surface area contributed by atoms with Crippen molar-refractivity contribution in [1.82, 2.24) is 15.3 Å². The fourth-order valence-electron chi connectivity index (χ4n) is 2.94. The maximum Gasteiger partial charge on any atom is 0.320 e. The Labute approximate surface area is 119 Å². The summed E-state index contributed by atoms with van der Waals surface area (Å²) in [6, 6.07) is 2.00. The molecule has 2 aliphatic rings. The van der Waals surface area contributed by atoms with Crippen LogP contribution in [0.15, 0.2) is 12.4 Å². The lowest BCUT2D eigenvalue weighted by Crippen LogP contribution is -2.36. The van der Waals surface area contributed by atoms with Gasteiger partial charge in [-0.2, -0.15) is 0 Å². The highest BCUT2D eigenvalue weighted by molar-refractivity contribution is 5.88. The van der Waals surface area contributed by atoms with Crippen LogP contribution >= 0.6 is 0 Å². The molecule has 0 unspecified atom stereocenters. The summed E-state index contributed by atoms with van der Waals surface area (Å²) >= 11 is 0. The second-order valence-electron chi connectivity index (χ2n) is 5.54. The van der Waals surface area contributed by atoms with Crippen molar-refractivity contribution in [3.63, 3.8) is 0 Å². The molecule has 1 aliphatic carbocycles. The number of hydrogen-bond acceptors (Lipinski definition) is 4. The Morgan fingerprint density at radius 2 is 1.90 bits per heavy atom. The molecule has 2 N–H and O–H groups in total. The molecular formula is C14H21N5O. The van der Waals surface area contributed by atoms with Gasteiger partial charge in [0.25, 0.3) is 0 Å². The van der Waals surface area contributed by atoms with E-state index >= 15 is 0 Å². The van der Waals surface area contributed by atoms with Gasteiger partial charge in [-0.25, -0.2) is 14.8 Å². The molecule has 2 heterocycles. The summed E-state index contributed by atoms with van der Waals surface area (Å²) in [6.07, 6.45) is 8.49. The van der Waals surface area contributed by atoms with Crippen molar-refractivity contribution in [2.75, 3.05) is 23.3 Å². The first-order valence-corrected chi connectivity index (χ1v) is 7.46. The van der Waals surface area contributed by atoms with E-state index in [1.54, 1.807) is 0 Å². The third-order valence-electron chi connectivity index (χ3n) is 4.01. The molecule has 3 rings (SSSR count). The first-order valence-electron chi connectivity index (χ1n) is 7.46. The van der Waals surface area contributed by atoms with E-state index in [4.69, 9.17) is 0 Å². The molecule has 6 heteroatoms. The van der Waals surface area contributed by atoms with E-state index < -0.39 is 0 Å². The molecule has 0 bridgehead atoms. The number of anilines is 2. The van der Waals surface area contributed by atoms with Crippen LogP contribution < -0.4 is 15.5 Å². The zero-order valence-corrected chi connectivity index (χ0v) is 11.6. The molecule has 0 atom stereocenters. The normalized spacial score (nSPS) is 19.3. The average molecular weight is 275 g/mol. The highest BCUT2D eigenvalue weighted by Crippen LogP contribution is 2.20. The molecule has 0 aromatic carbocycles. The summed E-state index contributed by atoms with van der Waals surface area (Å²) in [5.74, 6) is 1.46. The monoisotopic (exact) mass is 275 g/mol. The lowest BCUT2D eigenvalue weighted by molar-refractivity contribution is 0.248. The van der Waals surface area contributed by atoms with Crippen molar-refractivity contribution < 1.29 is 4.79 Å². The minimum Gasteiger partial charge on any atom is -0.356 e. The highest BCUT2D eigenvalue weighted by atomic mass is 16.2. The van der Waals surface area contributed by atoms with Gasteiger partial charge >= 0.3 is 6.03 Å². The molecule has 2 fully saturated rings. The number of carbonyl (C=O) groups excluding carboxylic acids is 1. The molecule has 0 spiro atoms. The second-order valence-corrected chi connectivity index (χ2v) is 5.54. The van der Waals surface area contributed by atoms with Crippen molar-refractivity contribution in [2.24, 2.45) is 0 Å². The Kier molecular flexibility index (Phi) is 3.99. The molecular weight excluding hydrogens is 254 g/mol. The number of urea groups is 1. The number of amides is 2. The third-order valence-corrected chi connectivity index (χ3v) is 4.01. The first-order chi connectivity index (χ1) is 9.81. The number of carbonyl (C=O) groups is 1. The lowest BCUT2D eigenvalue weighted by Gasteiger charge is -2.17. The topological polar surface area (TPSA) is 70.2 Å². The van der Waals surface area contributed by atoms with Gasteiger partial charge in [-0.3, -0.25) is 5.32 Å². The number of hydrogen-bond donors (Lipinski definition) is 2. The van der Waals surface area contributed by atoms with Gasteiger partial charge in [0.2, 0.25) is 0 Å². The van der Waals surface area contributed by atoms with Gasteiger partial charge in [-0.05, 0) is 25.7 Å². The second kappa shape index (κ2) is 6.07. The fourth-order valence-corrected chi connectivity index (χ4v) is 2.94. The van der Waals surface area contributed by atoms with E-state index in [1.807, 2.05) is 6.07 Å². The number of rotatable bonds is 3. The largest absolute Gasteiger partial charge is 0.356 e. The van der Waals surface area contributed by atoms with Crippen molar-refractivity contribution in [3.05, 3.63) is 12.4 Å². The SMILES string of the molecule is O=C(Nc1cc(N2CCCC2)ncn1)NC1CCCC1. The van der Waals surface area contributed by atoms with E-state index in [0.29, 0.717) is 11.9 Å². The molecule has 1 aliphatic heterocycles. The van der Waals surface area contributed by atoms with Gasteiger partial charge in [0.05, 0.1) is 0 Å². The van der Waals surface area contributed by atoms with Crippen molar-refractivity contribution in [2.45, 2.75) is 44.6 Å². The summed E-state index contributed by atoms with van der Waals surface area (Å²) < 4.78 is 0. The average Bonchev–Trinajstić information content (AvgIpc) is 3.11. The molecule has 20 heavy (non-hydrogen) atoms. The van der Waals surface area contributed by atoms with Crippen molar-refractivity contribution >= 4 is 17.7 Å². The van der Waals surface area contributed by atoms with Crippen molar-refractivity contribution in [3.8, 4) is 0 Å². The Balaban J connectivity index is 1.58. The maximum atomic E-state index is 11.9. The van der Waals surface area contributed by atoms with Crippen LogP contribution in [-0.4, -0.2) is 35.1 Å². The summed E-state index contributed by atoms with van der Waals surface area (Å²) in [7, 11) is 0. The Morgan fingerprint density at radius 3 is 2.65 bits per heavy atom. The van der Waals surface area contributed by atoms with Crippen LogP contribution in [0.25, 0.3) is 0 Å². The summed E-state index contributed by atoms with van der Waals surface area (Å²) in [5.41, 5.74) is 0. The van der Waals surface area contributed by atoms with Gasteiger partial charge in [-0.15, -0.1) is 0 Å². The van der Waals surface area contributed by atoms with Crippen LogP contribution in [0.2, 0.25) is 0 Å². The summed E-state index contributed by atoms with van der Waals surface area (Å²) in [6.45, 7) is 2.06. The van der Waals surface area contributed by atoms with Gasteiger partial charge in [0, 0.05) is 25.2 Å². The quantitative estimate of drug-likeness (QED) is 0.886. The van der Waals surface area contributed by atoms with Crippen LogP contribution in [0.5, 0.6) is 0 Å². The zero-order valence-electron chi connectivity index (χ0n) is 11.6. The maximum absolute atomic E-state index is 11.9. The Bertz CT molecular complexity index is 466. The first kappa shape index (κ1) is 13.1. The Morgan fingerprint density at radius 1 is 1.15 bits per heavy atom. The standard InChI is InChI=1S/C14H21N5O/c20-14(17-11-5-1-2-6-11)18-12-9-13(16-10-15-12)19-7-3-4-8-19/h9-11H,1-8H2,(H2,15,16,17,18,20). The molecule has 6 nitrogen and oxygen atoms in total. The predicted octanol–water partition coefficient (Wildman–Crippen LogP) is 2.14. The number of aromatic nitrogens is 2. The van der Waals surface area contributed by atoms with Crippen LogP contribution in [0.1, 0.15) is 38.5 Å². The highest BCUT2D eigenvalue weighted by Gasteiger charge is 2.18. The Hall–Kier alpha value is -1.85. The van der Waals surface area contributed by atoms with Crippen LogP contribution in [0.3, 0.4) is 0 Å². The molecule has 1 aromatic heterocycles. The number of nitrogens with zero attached hydrogens (tertiary/aromatic N) is 3.